The van der Waals surface area contributed by atoms with Crippen LogP contribution in [0.5, 0.6) is 0 Å². The maximum Gasteiger partial charge on any atom is 0.264 e. The number of anilines is 1. The molecule has 0 aliphatic rings. The van der Waals surface area contributed by atoms with E-state index in [9.17, 15) is 4.79 Å². The van der Waals surface area contributed by atoms with Gasteiger partial charge in [-0.2, -0.15) is 0 Å². The topological polar surface area (TPSA) is 43.1 Å². The highest BCUT2D eigenvalue weighted by atomic mass is 35.5. The van der Waals surface area contributed by atoms with Gasteiger partial charge < -0.3 is 5.73 Å². The Bertz CT molecular complexity index is 477. The van der Waals surface area contributed by atoms with Gasteiger partial charge in [0, 0.05) is 10.1 Å². The smallest absolute Gasteiger partial charge is 0.264 e. The molecule has 1 aromatic carbocycles. The van der Waals surface area contributed by atoms with E-state index in [1.165, 1.54) is 11.3 Å². The van der Waals surface area contributed by atoms with Crippen molar-refractivity contribution >= 4 is 44.0 Å². The molecule has 0 aliphatic carbocycles. The predicted molar refractivity (Wildman–Crippen MR) is 56.4 cm³/mol. The Balaban J connectivity index is 2.81. The van der Waals surface area contributed by atoms with Gasteiger partial charge in [0.25, 0.3) is 5.24 Å². The number of thiophene rings is 1. The molecule has 2 aromatic rings. The number of halogens is 1. The van der Waals surface area contributed by atoms with Crippen molar-refractivity contribution in [2.75, 3.05) is 5.73 Å². The van der Waals surface area contributed by atoms with E-state index in [1.54, 1.807) is 0 Å². The lowest BCUT2D eigenvalue weighted by molar-refractivity contribution is 0.108. The lowest BCUT2D eigenvalue weighted by atomic mass is 10.2. The molecule has 0 radical (unpaired) electrons. The molecule has 0 aliphatic heterocycles. The molecule has 2 nitrogen and oxygen atoms in total. The molecule has 1 heterocycles. The highest BCUT2D eigenvalue weighted by Crippen LogP contribution is 2.34. The fourth-order valence-corrected chi connectivity index (χ4v) is 2.38. The van der Waals surface area contributed by atoms with E-state index in [1.807, 2.05) is 24.3 Å². The molecule has 2 N–H and O–H groups in total. The zero-order chi connectivity index (χ0) is 9.42. The summed E-state index contributed by atoms with van der Waals surface area (Å²) >= 11 is 6.70. The first-order valence-corrected chi connectivity index (χ1v) is 4.86. The van der Waals surface area contributed by atoms with Crippen molar-refractivity contribution < 1.29 is 4.79 Å². The van der Waals surface area contributed by atoms with E-state index in [0.717, 1.165) is 10.1 Å². The highest BCUT2D eigenvalue weighted by Gasteiger charge is 2.13. The molecular weight excluding hydrogens is 206 g/mol. The number of benzene rings is 1. The van der Waals surface area contributed by atoms with Gasteiger partial charge in [0.1, 0.15) is 4.88 Å². The third-order valence-corrected chi connectivity index (χ3v) is 3.30. The summed E-state index contributed by atoms with van der Waals surface area (Å²) in [7, 11) is 0. The first kappa shape index (κ1) is 8.53. The standard InChI is InChI=1S/C9H6ClNOS/c10-9(12)8-7(11)5-3-1-2-4-6(5)13-8/h1-4H,11H2. The Labute approximate surface area is 83.9 Å². The maximum atomic E-state index is 10.9. The van der Waals surface area contributed by atoms with Crippen molar-refractivity contribution in [3.8, 4) is 0 Å². The fourth-order valence-electron chi connectivity index (χ4n) is 1.21. The van der Waals surface area contributed by atoms with E-state index in [4.69, 9.17) is 17.3 Å². The van der Waals surface area contributed by atoms with Crippen LogP contribution in [0.25, 0.3) is 10.1 Å². The molecule has 2 rings (SSSR count). The van der Waals surface area contributed by atoms with Crippen molar-refractivity contribution in [3.63, 3.8) is 0 Å². The van der Waals surface area contributed by atoms with Gasteiger partial charge >= 0.3 is 0 Å². The lowest BCUT2D eigenvalue weighted by Crippen LogP contribution is -1.91. The van der Waals surface area contributed by atoms with Crippen molar-refractivity contribution in [2.45, 2.75) is 0 Å². The molecule has 66 valence electrons. The average molecular weight is 212 g/mol. The number of fused-ring (bicyclic) bond motifs is 1. The Morgan fingerprint density at radius 3 is 2.69 bits per heavy atom. The van der Waals surface area contributed by atoms with Gasteiger partial charge in [-0.3, -0.25) is 4.79 Å². The van der Waals surface area contributed by atoms with Gasteiger partial charge in [0.15, 0.2) is 0 Å². The molecule has 0 saturated carbocycles. The average Bonchev–Trinajstić information content (AvgIpc) is 2.45. The van der Waals surface area contributed by atoms with Crippen LogP contribution in [0.4, 0.5) is 5.69 Å². The number of carbonyl (C=O) groups excluding carboxylic acids is 1. The van der Waals surface area contributed by atoms with E-state index >= 15 is 0 Å². The first-order valence-electron chi connectivity index (χ1n) is 3.67. The lowest BCUT2D eigenvalue weighted by Gasteiger charge is -1.90. The summed E-state index contributed by atoms with van der Waals surface area (Å²) in [6.07, 6.45) is 0. The molecule has 4 heteroatoms. The SMILES string of the molecule is Nc1c(C(=O)Cl)sc2ccccc12. The summed E-state index contributed by atoms with van der Waals surface area (Å²) in [5.41, 5.74) is 6.23. The van der Waals surface area contributed by atoms with Crippen molar-refractivity contribution in [2.24, 2.45) is 0 Å². The summed E-state index contributed by atoms with van der Waals surface area (Å²) < 4.78 is 0.990. The Hall–Kier alpha value is -1.06. The second-order valence-electron chi connectivity index (χ2n) is 2.61. The van der Waals surface area contributed by atoms with Crippen LogP contribution in [0, 0.1) is 0 Å². The minimum Gasteiger partial charge on any atom is -0.397 e. The molecule has 0 atom stereocenters. The molecular formula is C9H6ClNOS. The van der Waals surface area contributed by atoms with Crippen molar-refractivity contribution in [1.82, 2.24) is 0 Å². The zero-order valence-corrected chi connectivity index (χ0v) is 8.15. The van der Waals surface area contributed by atoms with Gasteiger partial charge in [-0.05, 0) is 17.7 Å². The van der Waals surface area contributed by atoms with Crippen LogP contribution in [-0.2, 0) is 0 Å². The van der Waals surface area contributed by atoms with Crippen LogP contribution >= 0.6 is 22.9 Å². The van der Waals surface area contributed by atoms with E-state index < -0.39 is 5.24 Å². The van der Waals surface area contributed by atoms with Gasteiger partial charge in [-0.25, -0.2) is 0 Å². The molecule has 0 fully saturated rings. The number of carbonyl (C=O) groups is 1. The Morgan fingerprint density at radius 2 is 2.08 bits per heavy atom. The van der Waals surface area contributed by atoms with Gasteiger partial charge in [0.2, 0.25) is 0 Å². The summed E-state index contributed by atoms with van der Waals surface area (Å²) in [5, 5.41) is 0.412. The number of nitrogen functional groups attached to an aromatic ring is 1. The van der Waals surface area contributed by atoms with Crippen molar-refractivity contribution in [3.05, 3.63) is 29.1 Å². The second kappa shape index (κ2) is 3.01. The summed E-state index contributed by atoms with van der Waals surface area (Å²) in [5.74, 6) is 0. The fraction of sp³-hybridized carbons (Fsp3) is 0. The minimum atomic E-state index is -0.487. The van der Waals surface area contributed by atoms with Crippen LogP contribution in [0.2, 0.25) is 0 Å². The maximum absolute atomic E-state index is 10.9. The third kappa shape index (κ3) is 1.30. The van der Waals surface area contributed by atoms with Crippen LogP contribution in [0.1, 0.15) is 9.67 Å². The minimum absolute atomic E-state index is 0.433. The van der Waals surface area contributed by atoms with E-state index in [0.29, 0.717) is 10.6 Å². The van der Waals surface area contributed by atoms with Gasteiger partial charge in [-0.1, -0.05) is 18.2 Å². The first-order chi connectivity index (χ1) is 6.20. The summed E-state index contributed by atoms with van der Waals surface area (Å²) in [6.45, 7) is 0. The Morgan fingerprint density at radius 1 is 1.38 bits per heavy atom. The quantitative estimate of drug-likeness (QED) is 0.738. The molecule has 0 bridgehead atoms. The third-order valence-electron chi connectivity index (χ3n) is 1.81. The molecule has 1 aromatic heterocycles. The molecule has 0 saturated heterocycles. The second-order valence-corrected chi connectivity index (χ2v) is 4.01. The number of hydrogen-bond donors (Lipinski definition) is 1. The van der Waals surface area contributed by atoms with E-state index in [-0.39, 0.29) is 0 Å². The van der Waals surface area contributed by atoms with Crippen molar-refractivity contribution in [1.29, 1.82) is 0 Å². The van der Waals surface area contributed by atoms with E-state index in [2.05, 4.69) is 0 Å². The molecule has 0 unspecified atom stereocenters. The molecule has 0 spiro atoms. The van der Waals surface area contributed by atoms with Crippen LogP contribution < -0.4 is 5.73 Å². The van der Waals surface area contributed by atoms with Gasteiger partial charge in [0.05, 0.1) is 5.69 Å². The van der Waals surface area contributed by atoms with Crippen LogP contribution in [0.15, 0.2) is 24.3 Å². The zero-order valence-electron chi connectivity index (χ0n) is 6.58. The van der Waals surface area contributed by atoms with Crippen LogP contribution in [-0.4, -0.2) is 5.24 Å². The number of rotatable bonds is 1. The monoisotopic (exact) mass is 211 g/mol. The number of hydrogen-bond acceptors (Lipinski definition) is 3. The number of nitrogens with two attached hydrogens (primary N) is 1. The summed E-state index contributed by atoms with van der Waals surface area (Å²) in [6, 6.07) is 7.58. The van der Waals surface area contributed by atoms with Gasteiger partial charge in [-0.15, -0.1) is 11.3 Å². The highest BCUT2D eigenvalue weighted by molar-refractivity contribution is 7.23. The largest absolute Gasteiger partial charge is 0.397 e. The summed E-state index contributed by atoms with van der Waals surface area (Å²) in [4.78, 5) is 11.4. The molecule has 13 heavy (non-hydrogen) atoms. The molecule has 0 amide bonds. The normalized spacial score (nSPS) is 10.5. The van der Waals surface area contributed by atoms with Crippen LogP contribution in [0.3, 0.4) is 0 Å². The predicted octanol–water partition coefficient (Wildman–Crippen LogP) is 2.86. The Kier molecular flexibility index (Phi) is 1.98.